The molecular weight excluding hydrogens is 518 g/mol. The molecule has 37 heavy (non-hydrogen) atoms. The van der Waals surface area contributed by atoms with Crippen LogP contribution in [0.5, 0.6) is 0 Å². The van der Waals surface area contributed by atoms with Gasteiger partial charge in [0.15, 0.2) is 0 Å². The summed E-state index contributed by atoms with van der Waals surface area (Å²) in [6, 6.07) is 0. The van der Waals surface area contributed by atoms with Gasteiger partial charge in [-0.05, 0) is 31.1 Å². The Morgan fingerprint density at radius 2 is 0.919 bits per heavy atom. The number of aliphatic carboxylic acids is 2. The number of carboxylic acids is 2. The van der Waals surface area contributed by atoms with Crippen molar-refractivity contribution in [1.29, 1.82) is 0 Å². The number of carboxylic acid groups (broad SMARTS) is 2. The summed E-state index contributed by atoms with van der Waals surface area (Å²) in [4.78, 5) is 20.4. The first-order valence-electron chi connectivity index (χ1n) is 14.3. The van der Waals surface area contributed by atoms with Crippen LogP contribution in [0.25, 0.3) is 0 Å². The molecule has 0 saturated carbocycles. The number of carbonyl (C=O) groups excluding carboxylic acids is 1. The fourth-order valence-corrected chi connectivity index (χ4v) is 3.75. The average Bonchev–Trinajstić information content (AvgIpc) is 2.75. The van der Waals surface area contributed by atoms with Crippen molar-refractivity contribution in [3.63, 3.8) is 0 Å². The first-order chi connectivity index (χ1) is 16.9. The molecule has 0 fully saturated rings. The van der Waals surface area contributed by atoms with Crippen LogP contribution in [0, 0.1) is 5.41 Å². The molecule has 7 nitrogen and oxygen atoms in total. The summed E-state index contributed by atoms with van der Waals surface area (Å²) in [6.07, 6.45) is 24.4. The van der Waals surface area contributed by atoms with Crippen LogP contribution in [0.2, 0.25) is 0 Å². The molecule has 0 unspecified atom stereocenters. The molecule has 9 heteroatoms. The molecule has 221 valence electrons. The summed E-state index contributed by atoms with van der Waals surface area (Å²) >= 11 is 0. The van der Waals surface area contributed by atoms with Crippen molar-refractivity contribution in [2.45, 2.75) is 163 Å². The molecule has 0 aliphatic rings. The van der Waals surface area contributed by atoms with Gasteiger partial charge >= 0.3 is 22.7 Å². The molecule has 0 amide bonds. The van der Waals surface area contributed by atoms with Gasteiger partial charge in [-0.3, -0.25) is 12.1 Å². The van der Waals surface area contributed by atoms with Crippen molar-refractivity contribution < 1.29 is 51.7 Å². The number of rotatable bonds is 21. The third-order valence-corrected chi connectivity index (χ3v) is 5.80. The third kappa shape index (κ3) is 61.2. The first kappa shape index (κ1) is 43.4. The van der Waals surface area contributed by atoms with Crippen LogP contribution < -0.4 is 20.2 Å². The van der Waals surface area contributed by atoms with Crippen LogP contribution in [-0.2, 0) is 26.4 Å². The molecule has 0 heterocycles. The maximum Gasteiger partial charge on any atom is 4.00 e. The molecule has 1 radical (unpaired) electrons. The maximum absolute atomic E-state index is 10.2. The van der Waals surface area contributed by atoms with Crippen LogP contribution >= 0.6 is 0 Å². The van der Waals surface area contributed by atoms with E-state index in [0.29, 0.717) is 11.8 Å². The van der Waals surface area contributed by atoms with E-state index in [2.05, 4.69) is 27.7 Å². The van der Waals surface area contributed by atoms with E-state index in [-0.39, 0.29) is 23.2 Å². The van der Waals surface area contributed by atoms with E-state index in [9.17, 15) is 14.7 Å². The second-order valence-corrected chi connectivity index (χ2v) is 10.9. The van der Waals surface area contributed by atoms with Gasteiger partial charge in [0.1, 0.15) is 0 Å². The van der Waals surface area contributed by atoms with E-state index in [1.807, 2.05) is 0 Å². The minimum Gasteiger partial charge on any atom is -0.907 e. The fourth-order valence-electron chi connectivity index (χ4n) is 3.75. The van der Waals surface area contributed by atoms with Gasteiger partial charge in [0, 0.05) is 12.4 Å². The molecule has 0 rings (SSSR count). The Labute approximate surface area is 238 Å². The summed E-state index contributed by atoms with van der Waals surface area (Å²) in [6.45, 7) is 8.90. The van der Waals surface area contributed by atoms with Crippen molar-refractivity contribution in [3.05, 3.63) is 0 Å². The summed E-state index contributed by atoms with van der Waals surface area (Å²) in [5.74, 6) is -1.58. The average molecular weight is 573 g/mol. The second-order valence-electron chi connectivity index (χ2n) is 10.9. The number of unbranched alkanes of at least 4 members (excludes halogenated alkanes) is 16. The molecule has 0 bridgehead atoms. The van der Waals surface area contributed by atoms with E-state index < -0.39 is 19.3 Å². The Balaban J connectivity index is -0.000000272. The zero-order valence-electron chi connectivity index (χ0n) is 24.2. The van der Waals surface area contributed by atoms with Gasteiger partial charge in [-0.25, -0.2) is 0 Å². The molecule has 0 saturated heterocycles. The van der Waals surface area contributed by atoms with Crippen molar-refractivity contribution in [1.82, 2.24) is 0 Å². The van der Waals surface area contributed by atoms with Crippen LogP contribution in [0.1, 0.15) is 163 Å². The third-order valence-electron chi connectivity index (χ3n) is 5.80. The molecule has 1 N–H and O–H groups in total. The van der Waals surface area contributed by atoms with Crippen LogP contribution in [-0.4, -0.2) is 24.4 Å². The first-order valence-corrected chi connectivity index (χ1v) is 14.3. The largest absolute Gasteiger partial charge is 4.00 e. The number of hydrogen-bond acceptors (Lipinski definition) is 6. The number of carbonyl (C=O) groups is 2. The zero-order valence-corrected chi connectivity index (χ0v) is 25.2. The van der Waals surface area contributed by atoms with E-state index in [4.69, 9.17) is 20.2 Å². The Kier molecular flexibility index (Phi) is 39.2. The fraction of sp³-hybridized carbons (Fsp3) is 0.929. The van der Waals surface area contributed by atoms with Crippen molar-refractivity contribution in [3.8, 4) is 0 Å². The molecule has 0 aliphatic heterocycles. The topological polar surface area (TPSA) is 147 Å². The van der Waals surface area contributed by atoms with Crippen LogP contribution in [0.15, 0.2) is 0 Å². The van der Waals surface area contributed by atoms with Gasteiger partial charge in [-0.2, -0.15) is 0 Å². The normalized spacial score (nSPS) is 10.4. The summed E-state index contributed by atoms with van der Waals surface area (Å²) < 4.78 is 0. The van der Waals surface area contributed by atoms with Gasteiger partial charge in [-0.1, -0.05) is 130 Å². The Morgan fingerprint density at radius 1 is 0.622 bits per heavy atom. The SMILES string of the molecule is CC(C)(C)CCCCCC(=O)O.CCCCCCCCCCCCCCCCCC(=O)[O-].[Co+4].[O-]B([O-])[O-]. The molecule has 0 aromatic rings. The Bertz CT molecular complexity index is 469. The molecular formula is C28H55BCoO7. The molecule has 0 aromatic heterocycles. The van der Waals surface area contributed by atoms with Gasteiger partial charge in [0.05, 0.1) is 0 Å². The molecule has 0 aliphatic carbocycles. The number of hydrogen-bond donors (Lipinski definition) is 1. The Hall–Kier alpha value is -0.609. The standard InChI is InChI=1S/C18H36O2.C10H20O2.BO3.Co/c1-2-3-4-5-6-7-8-9-10-11-12-13-14-15-16-17-18(19)20;1-10(2,3)8-6-4-5-7-9(11)12;2-1(3)4;/h2-17H2,1H3,(H,19,20);4-8H2,1-3H3,(H,11,12);;/q;;-3;+4/p-1. The minimum atomic E-state index is -2.92. The quantitative estimate of drug-likeness (QED) is 0.161. The van der Waals surface area contributed by atoms with Crippen LogP contribution in [0.3, 0.4) is 0 Å². The summed E-state index contributed by atoms with van der Waals surface area (Å²) in [5.41, 5.74) is 0.392. The second kappa shape index (κ2) is 33.4. The van der Waals surface area contributed by atoms with Crippen molar-refractivity contribution in [2.75, 3.05) is 0 Å². The van der Waals surface area contributed by atoms with Gasteiger partial charge in [-0.15, -0.1) is 0 Å². The molecule has 0 atom stereocenters. The Morgan fingerprint density at radius 3 is 1.22 bits per heavy atom. The van der Waals surface area contributed by atoms with Gasteiger partial charge < -0.3 is 30.1 Å². The van der Waals surface area contributed by atoms with E-state index >= 15 is 0 Å². The van der Waals surface area contributed by atoms with E-state index in [1.165, 1.54) is 89.9 Å². The predicted octanol–water partition coefficient (Wildman–Crippen LogP) is 4.12. The minimum absolute atomic E-state index is 0. The van der Waals surface area contributed by atoms with Gasteiger partial charge in [0.25, 0.3) is 0 Å². The smallest absolute Gasteiger partial charge is 0.907 e. The van der Waals surface area contributed by atoms with E-state index in [1.54, 1.807) is 0 Å². The van der Waals surface area contributed by atoms with Crippen molar-refractivity contribution >= 4 is 19.3 Å². The zero-order chi connectivity index (χ0) is 28.1. The summed E-state index contributed by atoms with van der Waals surface area (Å²) in [5, 5.41) is 43.8. The monoisotopic (exact) mass is 573 g/mol. The predicted molar refractivity (Wildman–Crippen MR) is 140 cm³/mol. The van der Waals surface area contributed by atoms with Gasteiger partial charge in [0.2, 0.25) is 0 Å². The van der Waals surface area contributed by atoms with Crippen LogP contribution in [0.4, 0.5) is 0 Å². The van der Waals surface area contributed by atoms with E-state index in [0.717, 1.165) is 32.1 Å². The van der Waals surface area contributed by atoms with Crippen molar-refractivity contribution in [2.24, 2.45) is 5.41 Å². The summed E-state index contributed by atoms with van der Waals surface area (Å²) in [7, 11) is -2.92. The molecule has 0 spiro atoms. The molecule has 0 aromatic carbocycles. The maximum atomic E-state index is 10.2.